The lowest BCUT2D eigenvalue weighted by molar-refractivity contribution is -0.113. The zero-order valence-corrected chi connectivity index (χ0v) is 10.2. The molecule has 0 atom stereocenters. The van der Waals surface area contributed by atoms with E-state index in [1.54, 1.807) is 24.3 Å². The van der Waals surface area contributed by atoms with Crippen LogP contribution in [0.4, 0.5) is 0 Å². The molecular formula is C10H6Cl2N2OS. The fraction of sp³-hybridized carbons (Fsp3) is 0. The Morgan fingerprint density at radius 3 is 2.75 bits per heavy atom. The van der Waals surface area contributed by atoms with Crippen molar-refractivity contribution in [3.63, 3.8) is 0 Å². The van der Waals surface area contributed by atoms with Gasteiger partial charge in [0, 0.05) is 0 Å². The SMILES string of the molecule is NC1=NC(=O)C(=Cc2cccc(Cl)c2Cl)S1. The van der Waals surface area contributed by atoms with Gasteiger partial charge in [0.2, 0.25) is 0 Å². The number of benzene rings is 1. The standard InChI is InChI=1S/C10H6Cl2N2OS/c11-6-3-1-2-5(8(6)12)4-7-9(15)14-10(13)16-7/h1-4H,(H2,13,14,15). The van der Waals surface area contributed by atoms with E-state index in [4.69, 9.17) is 28.9 Å². The van der Waals surface area contributed by atoms with E-state index in [-0.39, 0.29) is 11.1 Å². The van der Waals surface area contributed by atoms with Crippen molar-refractivity contribution in [2.45, 2.75) is 0 Å². The van der Waals surface area contributed by atoms with Crippen molar-refractivity contribution in [3.8, 4) is 0 Å². The van der Waals surface area contributed by atoms with Crippen molar-refractivity contribution in [2.75, 3.05) is 0 Å². The number of aliphatic imine (C=N–C) groups is 1. The molecule has 1 aliphatic heterocycles. The number of hydrogen-bond donors (Lipinski definition) is 1. The van der Waals surface area contributed by atoms with Crippen molar-refractivity contribution < 1.29 is 4.79 Å². The molecule has 0 saturated carbocycles. The molecule has 0 unspecified atom stereocenters. The molecule has 2 rings (SSSR count). The molecule has 0 aliphatic carbocycles. The lowest BCUT2D eigenvalue weighted by atomic mass is 10.2. The van der Waals surface area contributed by atoms with Gasteiger partial charge in [0.1, 0.15) is 0 Å². The predicted molar refractivity (Wildman–Crippen MR) is 68.7 cm³/mol. The first-order valence-corrected chi connectivity index (χ1v) is 5.87. The summed E-state index contributed by atoms with van der Waals surface area (Å²) in [5.41, 5.74) is 6.11. The molecule has 1 amide bonds. The van der Waals surface area contributed by atoms with Gasteiger partial charge in [0.25, 0.3) is 5.91 Å². The summed E-state index contributed by atoms with van der Waals surface area (Å²) >= 11 is 13.0. The maximum Gasteiger partial charge on any atom is 0.286 e. The molecule has 1 aliphatic rings. The lowest BCUT2D eigenvalue weighted by Crippen LogP contribution is -2.01. The number of amides is 1. The van der Waals surface area contributed by atoms with E-state index < -0.39 is 0 Å². The van der Waals surface area contributed by atoms with E-state index in [1.807, 2.05) is 0 Å². The molecule has 6 heteroatoms. The maximum atomic E-state index is 11.4. The molecule has 0 saturated heterocycles. The van der Waals surface area contributed by atoms with Crippen LogP contribution in [0.2, 0.25) is 10.0 Å². The number of nitrogens with two attached hydrogens (primary N) is 1. The highest BCUT2D eigenvalue weighted by atomic mass is 35.5. The Morgan fingerprint density at radius 2 is 2.12 bits per heavy atom. The number of nitrogens with zero attached hydrogens (tertiary/aromatic N) is 1. The first-order valence-electron chi connectivity index (χ1n) is 4.30. The monoisotopic (exact) mass is 272 g/mol. The van der Waals surface area contributed by atoms with Gasteiger partial charge in [-0.1, -0.05) is 35.3 Å². The average molecular weight is 273 g/mol. The fourth-order valence-electron chi connectivity index (χ4n) is 1.20. The second-order valence-corrected chi connectivity index (χ2v) is 4.86. The van der Waals surface area contributed by atoms with Crippen LogP contribution in [0.25, 0.3) is 6.08 Å². The highest BCUT2D eigenvalue weighted by Gasteiger charge is 2.19. The molecule has 16 heavy (non-hydrogen) atoms. The second kappa shape index (κ2) is 4.49. The van der Waals surface area contributed by atoms with Crippen molar-refractivity contribution in [1.82, 2.24) is 0 Å². The molecule has 1 aromatic rings. The van der Waals surface area contributed by atoms with Gasteiger partial charge in [-0.05, 0) is 29.5 Å². The number of rotatable bonds is 1. The maximum absolute atomic E-state index is 11.4. The van der Waals surface area contributed by atoms with Crippen LogP contribution < -0.4 is 5.73 Å². The minimum atomic E-state index is -0.349. The molecule has 2 N–H and O–H groups in total. The Labute approximate surface area is 106 Å². The third-order valence-corrected chi connectivity index (χ3v) is 3.55. The van der Waals surface area contributed by atoms with Gasteiger partial charge in [-0.25, -0.2) is 0 Å². The Hall–Kier alpha value is -0.970. The van der Waals surface area contributed by atoms with Gasteiger partial charge >= 0.3 is 0 Å². The minimum absolute atomic E-state index is 0.245. The van der Waals surface area contributed by atoms with Crippen LogP contribution in [-0.4, -0.2) is 11.1 Å². The zero-order valence-electron chi connectivity index (χ0n) is 7.91. The Bertz CT molecular complexity index is 526. The Balaban J connectivity index is 2.38. The number of hydrogen-bond acceptors (Lipinski definition) is 3. The lowest BCUT2D eigenvalue weighted by Gasteiger charge is -2.00. The first kappa shape index (κ1) is 11.5. The smallest absolute Gasteiger partial charge is 0.286 e. The predicted octanol–water partition coefficient (Wildman–Crippen LogP) is 2.92. The van der Waals surface area contributed by atoms with Gasteiger partial charge in [-0.15, -0.1) is 0 Å². The summed E-state index contributed by atoms with van der Waals surface area (Å²) in [6.07, 6.45) is 1.63. The van der Waals surface area contributed by atoms with E-state index in [1.165, 1.54) is 0 Å². The Morgan fingerprint density at radius 1 is 1.38 bits per heavy atom. The molecule has 1 aromatic carbocycles. The van der Waals surface area contributed by atoms with Crippen molar-refractivity contribution in [3.05, 3.63) is 38.7 Å². The average Bonchev–Trinajstić information content (AvgIpc) is 2.53. The summed E-state index contributed by atoms with van der Waals surface area (Å²) in [6, 6.07) is 5.21. The third kappa shape index (κ3) is 2.24. The summed E-state index contributed by atoms with van der Waals surface area (Å²) in [5, 5.41) is 1.10. The number of thioether (sulfide) groups is 1. The largest absolute Gasteiger partial charge is 0.378 e. The summed E-state index contributed by atoms with van der Waals surface area (Å²) in [6.45, 7) is 0. The number of amidine groups is 1. The summed E-state index contributed by atoms with van der Waals surface area (Å²) in [5.74, 6) is -0.349. The molecule has 0 bridgehead atoms. The van der Waals surface area contributed by atoms with Crippen molar-refractivity contribution in [1.29, 1.82) is 0 Å². The van der Waals surface area contributed by atoms with Crippen LogP contribution in [0.5, 0.6) is 0 Å². The van der Waals surface area contributed by atoms with Crippen LogP contribution in [0.15, 0.2) is 28.1 Å². The number of halogens is 2. The third-order valence-electron chi connectivity index (χ3n) is 1.91. The van der Waals surface area contributed by atoms with Crippen LogP contribution in [0.1, 0.15) is 5.56 Å². The normalized spacial score (nSPS) is 18.0. The number of carbonyl (C=O) groups excluding carboxylic acids is 1. The van der Waals surface area contributed by atoms with Gasteiger partial charge in [-0.2, -0.15) is 4.99 Å². The quantitative estimate of drug-likeness (QED) is 0.800. The molecule has 3 nitrogen and oxygen atoms in total. The van der Waals surface area contributed by atoms with Crippen LogP contribution >= 0.6 is 35.0 Å². The topological polar surface area (TPSA) is 55.4 Å². The van der Waals surface area contributed by atoms with E-state index in [0.29, 0.717) is 20.5 Å². The van der Waals surface area contributed by atoms with Crippen LogP contribution in [0.3, 0.4) is 0 Å². The molecule has 0 radical (unpaired) electrons. The minimum Gasteiger partial charge on any atom is -0.378 e. The molecule has 1 heterocycles. The fourth-order valence-corrected chi connectivity index (χ4v) is 2.23. The van der Waals surface area contributed by atoms with Gasteiger partial charge in [0.15, 0.2) is 5.17 Å². The molecule has 0 aromatic heterocycles. The van der Waals surface area contributed by atoms with E-state index in [2.05, 4.69) is 4.99 Å². The molecule has 0 fully saturated rings. The zero-order chi connectivity index (χ0) is 11.7. The van der Waals surface area contributed by atoms with Crippen molar-refractivity contribution >= 4 is 52.1 Å². The second-order valence-electron chi connectivity index (χ2n) is 3.01. The molecule has 82 valence electrons. The van der Waals surface area contributed by atoms with E-state index >= 15 is 0 Å². The summed E-state index contributed by atoms with van der Waals surface area (Å²) < 4.78 is 0. The van der Waals surface area contributed by atoms with E-state index in [9.17, 15) is 4.79 Å². The summed E-state index contributed by atoms with van der Waals surface area (Å²) in [4.78, 5) is 15.4. The first-order chi connectivity index (χ1) is 7.58. The van der Waals surface area contributed by atoms with Crippen LogP contribution in [0, 0.1) is 0 Å². The molecular weight excluding hydrogens is 267 g/mol. The molecule has 0 spiro atoms. The van der Waals surface area contributed by atoms with E-state index in [0.717, 1.165) is 11.8 Å². The van der Waals surface area contributed by atoms with Crippen molar-refractivity contribution in [2.24, 2.45) is 10.7 Å². The summed E-state index contributed by atoms with van der Waals surface area (Å²) in [7, 11) is 0. The van der Waals surface area contributed by atoms with Gasteiger partial charge in [-0.3, -0.25) is 4.79 Å². The van der Waals surface area contributed by atoms with Gasteiger partial charge < -0.3 is 5.73 Å². The Kier molecular flexibility index (Phi) is 3.23. The highest BCUT2D eigenvalue weighted by molar-refractivity contribution is 8.18. The van der Waals surface area contributed by atoms with Crippen LogP contribution in [-0.2, 0) is 4.79 Å². The number of carbonyl (C=O) groups is 1. The highest BCUT2D eigenvalue weighted by Crippen LogP contribution is 2.31. The van der Waals surface area contributed by atoms with Gasteiger partial charge in [0.05, 0.1) is 15.0 Å².